The molecular formula is C19H25N7O. The Bertz CT molecular complexity index is 821. The zero-order valence-corrected chi connectivity index (χ0v) is 15.4. The van der Waals surface area contributed by atoms with Crippen molar-refractivity contribution >= 4 is 11.7 Å². The lowest BCUT2D eigenvalue weighted by Gasteiger charge is -2.26. The van der Waals surface area contributed by atoms with E-state index < -0.39 is 0 Å². The van der Waals surface area contributed by atoms with E-state index in [4.69, 9.17) is 5.10 Å². The minimum absolute atomic E-state index is 0.187. The van der Waals surface area contributed by atoms with Gasteiger partial charge in [0.2, 0.25) is 5.91 Å². The van der Waals surface area contributed by atoms with Crippen molar-refractivity contribution in [2.45, 2.75) is 57.4 Å². The molecule has 5 rings (SSSR count). The third-order valence-electron chi connectivity index (χ3n) is 6.01. The highest BCUT2D eigenvalue weighted by molar-refractivity contribution is 5.77. The molecule has 0 saturated carbocycles. The number of rotatable bonds is 3. The van der Waals surface area contributed by atoms with Crippen LogP contribution in [0.5, 0.6) is 0 Å². The second-order valence-corrected chi connectivity index (χ2v) is 7.75. The SMILES string of the molecule is O=C1C[C@H]2CC[C@@H](CN1)N2Cc1cc2n(n1)CCCN(c1cnccn1)C2. The molecule has 0 unspecified atom stereocenters. The molecule has 1 amide bonds. The van der Waals surface area contributed by atoms with Gasteiger partial charge in [-0.15, -0.1) is 0 Å². The van der Waals surface area contributed by atoms with Crippen molar-refractivity contribution in [3.63, 3.8) is 0 Å². The molecule has 5 heterocycles. The van der Waals surface area contributed by atoms with Crippen molar-refractivity contribution in [1.82, 2.24) is 30.0 Å². The fourth-order valence-corrected chi connectivity index (χ4v) is 4.67. The Labute approximate surface area is 158 Å². The first-order chi connectivity index (χ1) is 13.3. The minimum atomic E-state index is 0.187. The second kappa shape index (κ2) is 6.92. The van der Waals surface area contributed by atoms with Crippen LogP contribution in [0.2, 0.25) is 0 Å². The van der Waals surface area contributed by atoms with Crippen molar-refractivity contribution in [3.05, 3.63) is 36.0 Å². The van der Waals surface area contributed by atoms with Gasteiger partial charge >= 0.3 is 0 Å². The molecule has 2 saturated heterocycles. The normalized spacial score (nSPS) is 25.6. The number of anilines is 1. The number of nitrogens with zero attached hydrogens (tertiary/aromatic N) is 6. The smallest absolute Gasteiger partial charge is 0.221 e. The van der Waals surface area contributed by atoms with Crippen LogP contribution < -0.4 is 10.2 Å². The summed E-state index contributed by atoms with van der Waals surface area (Å²) in [6.07, 6.45) is 9.21. The molecule has 0 spiro atoms. The van der Waals surface area contributed by atoms with Gasteiger partial charge in [0.25, 0.3) is 0 Å². The van der Waals surface area contributed by atoms with Crippen LogP contribution in [-0.2, 0) is 24.4 Å². The van der Waals surface area contributed by atoms with Crippen LogP contribution in [0.3, 0.4) is 0 Å². The average Bonchev–Trinajstić information content (AvgIpc) is 3.11. The van der Waals surface area contributed by atoms with Crippen LogP contribution >= 0.6 is 0 Å². The molecular weight excluding hydrogens is 342 g/mol. The van der Waals surface area contributed by atoms with Gasteiger partial charge in [0.15, 0.2) is 0 Å². The first kappa shape index (κ1) is 16.7. The maximum Gasteiger partial charge on any atom is 0.221 e. The van der Waals surface area contributed by atoms with Gasteiger partial charge < -0.3 is 10.2 Å². The van der Waals surface area contributed by atoms with Crippen molar-refractivity contribution in [2.24, 2.45) is 0 Å². The Balaban J connectivity index is 1.34. The first-order valence-corrected chi connectivity index (χ1v) is 9.85. The van der Waals surface area contributed by atoms with Crippen LogP contribution in [-0.4, -0.2) is 55.7 Å². The van der Waals surface area contributed by atoms with Gasteiger partial charge in [0.05, 0.1) is 24.1 Å². The lowest BCUT2D eigenvalue weighted by Crippen LogP contribution is -2.37. The zero-order chi connectivity index (χ0) is 18.2. The monoisotopic (exact) mass is 367 g/mol. The van der Waals surface area contributed by atoms with Gasteiger partial charge in [-0.25, -0.2) is 4.98 Å². The Morgan fingerprint density at radius 1 is 1.19 bits per heavy atom. The lowest BCUT2D eigenvalue weighted by molar-refractivity contribution is -0.121. The van der Waals surface area contributed by atoms with Crippen molar-refractivity contribution < 1.29 is 4.79 Å². The number of hydrogen-bond acceptors (Lipinski definition) is 6. The van der Waals surface area contributed by atoms with Gasteiger partial charge in [-0.3, -0.25) is 19.4 Å². The summed E-state index contributed by atoms with van der Waals surface area (Å²) in [5.74, 6) is 1.11. The lowest BCUT2D eigenvalue weighted by atomic mass is 10.1. The van der Waals surface area contributed by atoms with Crippen LogP contribution in [0.15, 0.2) is 24.7 Å². The van der Waals surface area contributed by atoms with Gasteiger partial charge in [-0.05, 0) is 25.3 Å². The molecule has 8 nitrogen and oxygen atoms in total. The number of aromatic nitrogens is 4. The molecule has 2 aromatic heterocycles. The predicted molar refractivity (Wildman–Crippen MR) is 99.9 cm³/mol. The van der Waals surface area contributed by atoms with E-state index in [1.54, 1.807) is 12.4 Å². The third-order valence-corrected chi connectivity index (χ3v) is 6.01. The fourth-order valence-electron chi connectivity index (χ4n) is 4.67. The van der Waals surface area contributed by atoms with Crippen LogP contribution in [0.25, 0.3) is 0 Å². The van der Waals surface area contributed by atoms with Gasteiger partial charge in [-0.2, -0.15) is 5.10 Å². The molecule has 3 aliphatic rings. The van der Waals surface area contributed by atoms with Gasteiger partial charge in [0.1, 0.15) is 5.82 Å². The summed E-state index contributed by atoms with van der Waals surface area (Å²) in [6.45, 7) is 4.29. The Morgan fingerprint density at radius 3 is 3.00 bits per heavy atom. The average molecular weight is 367 g/mol. The number of aryl methyl sites for hydroxylation is 1. The molecule has 2 bridgehead atoms. The van der Waals surface area contributed by atoms with Crippen molar-refractivity contribution in [2.75, 3.05) is 18.0 Å². The number of hydrogen-bond donors (Lipinski definition) is 1. The van der Waals surface area contributed by atoms with E-state index in [1.807, 2.05) is 6.20 Å². The number of nitrogens with one attached hydrogen (secondary N) is 1. The topological polar surface area (TPSA) is 79.2 Å². The van der Waals surface area contributed by atoms with Crippen molar-refractivity contribution in [1.29, 1.82) is 0 Å². The molecule has 2 aromatic rings. The van der Waals surface area contributed by atoms with Crippen molar-refractivity contribution in [3.8, 4) is 0 Å². The molecule has 2 atom stereocenters. The molecule has 0 aliphatic carbocycles. The molecule has 3 aliphatic heterocycles. The summed E-state index contributed by atoms with van der Waals surface area (Å²) in [6, 6.07) is 3.03. The van der Waals surface area contributed by atoms with E-state index in [1.165, 1.54) is 12.1 Å². The van der Waals surface area contributed by atoms with E-state index in [2.05, 4.69) is 35.8 Å². The van der Waals surface area contributed by atoms with Crippen LogP contribution in [0.1, 0.15) is 37.1 Å². The van der Waals surface area contributed by atoms with Crippen LogP contribution in [0, 0.1) is 0 Å². The Hall–Kier alpha value is -2.48. The van der Waals surface area contributed by atoms with E-state index in [-0.39, 0.29) is 5.91 Å². The largest absolute Gasteiger partial charge is 0.354 e. The highest BCUT2D eigenvalue weighted by atomic mass is 16.1. The number of fused-ring (bicyclic) bond motifs is 3. The summed E-state index contributed by atoms with van der Waals surface area (Å²) in [5.41, 5.74) is 2.33. The molecule has 27 heavy (non-hydrogen) atoms. The Kier molecular flexibility index (Phi) is 4.27. The van der Waals surface area contributed by atoms with Gasteiger partial charge in [0, 0.05) is 57.1 Å². The maximum absolute atomic E-state index is 11.9. The van der Waals surface area contributed by atoms with Gasteiger partial charge in [-0.1, -0.05) is 0 Å². The van der Waals surface area contributed by atoms with E-state index in [9.17, 15) is 4.79 Å². The molecule has 142 valence electrons. The summed E-state index contributed by atoms with van der Waals surface area (Å²) < 4.78 is 2.15. The minimum Gasteiger partial charge on any atom is -0.354 e. The molecule has 0 radical (unpaired) electrons. The fraction of sp³-hybridized carbons (Fsp3) is 0.579. The summed E-state index contributed by atoms with van der Waals surface area (Å²) in [4.78, 5) is 25.3. The maximum atomic E-state index is 11.9. The summed E-state index contributed by atoms with van der Waals surface area (Å²) >= 11 is 0. The Morgan fingerprint density at radius 2 is 2.11 bits per heavy atom. The summed E-state index contributed by atoms with van der Waals surface area (Å²) in [5, 5.41) is 7.93. The highest BCUT2D eigenvalue weighted by Crippen LogP contribution is 2.30. The quantitative estimate of drug-likeness (QED) is 0.870. The first-order valence-electron chi connectivity index (χ1n) is 9.85. The third kappa shape index (κ3) is 3.29. The molecule has 8 heteroatoms. The zero-order valence-electron chi connectivity index (χ0n) is 15.4. The summed E-state index contributed by atoms with van der Waals surface area (Å²) in [7, 11) is 0. The van der Waals surface area contributed by atoms with Crippen LogP contribution in [0.4, 0.5) is 5.82 Å². The number of amides is 1. The highest BCUT2D eigenvalue weighted by Gasteiger charge is 2.37. The second-order valence-electron chi connectivity index (χ2n) is 7.75. The number of carbonyl (C=O) groups excluding carboxylic acids is 1. The van der Waals surface area contributed by atoms with E-state index >= 15 is 0 Å². The molecule has 1 N–H and O–H groups in total. The number of carbonyl (C=O) groups is 1. The predicted octanol–water partition coefficient (Wildman–Crippen LogP) is 0.936. The molecule has 0 aromatic carbocycles. The standard InChI is InChI=1S/C19H25N7O/c27-19-9-15-2-3-16(10-22-19)25(15)12-14-8-17-13-24(6-1-7-26(17)23-14)18-11-20-4-5-21-18/h4-5,8,11,15-16H,1-3,6-7,9-10,12-13H2,(H,22,27)/t15-,16+/m1/s1. The van der Waals surface area contributed by atoms with E-state index in [0.717, 1.165) is 57.1 Å². The van der Waals surface area contributed by atoms with E-state index in [0.29, 0.717) is 18.5 Å². The molecule has 2 fully saturated rings.